The van der Waals surface area contributed by atoms with Gasteiger partial charge in [-0.3, -0.25) is 4.79 Å². The quantitative estimate of drug-likeness (QED) is 0.751. The van der Waals surface area contributed by atoms with E-state index < -0.39 is 10.0 Å². The fourth-order valence-electron chi connectivity index (χ4n) is 5.93. The standard InChI is InChI=1S/C22H33N3O3S/c1-18(2)15-24-16-21(22(17-24)11-12-23(3)20(22)26)9-13-25(14-10-21)29(27,28)19-7-5-4-6-8-19/h4-8,18H,9-17H2,1-3H3. The van der Waals surface area contributed by atoms with Gasteiger partial charge in [-0.25, -0.2) is 8.42 Å². The van der Waals surface area contributed by atoms with Gasteiger partial charge in [0.05, 0.1) is 10.3 Å². The number of carbonyl (C=O) groups excluding carboxylic acids is 1. The van der Waals surface area contributed by atoms with Crippen LogP contribution < -0.4 is 0 Å². The summed E-state index contributed by atoms with van der Waals surface area (Å²) in [6, 6.07) is 8.69. The van der Waals surface area contributed by atoms with E-state index in [-0.39, 0.29) is 16.7 Å². The number of hydrogen-bond donors (Lipinski definition) is 0. The first-order valence-electron chi connectivity index (χ1n) is 10.7. The highest BCUT2D eigenvalue weighted by Crippen LogP contribution is 2.58. The molecule has 3 heterocycles. The summed E-state index contributed by atoms with van der Waals surface area (Å²) in [5.74, 6) is 0.818. The van der Waals surface area contributed by atoms with Gasteiger partial charge in [-0.1, -0.05) is 32.0 Å². The molecule has 0 bridgehead atoms. The van der Waals surface area contributed by atoms with Gasteiger partial charge in [-0.05, 0) is 37.3 Å². The molecule has 1 amide bonds. The third-order valence-electron chi connectivity index (χ3n) is 7.35. The van der Waals surface area contributed by atoms with E-state index in [4.69, 9.17) is 0 Å². The van der Waals surface area contributed by atoms with Crippen molar-refractivity contribution in [3.05, 3.63) is 30.3 Å². The van der Waals surface area contributed by atoms with E-state index >= 15 is 0 Å². The maximum absolute atomic E-state index is 13.3. The summed E-state index contributed by atoms with van der Waals surface area (Å²) in [4.78, 5) is 18.0. The third-order valence-corrected chi connectivity index (χ3v) is 9.26. The molecule has 3 saturated heterocycles. The minimum atomic E-state index is -3.48. The molecule has 1 aromatic rings. The van der Waals surface area contributed by atoms with Crippen LogP contribution in [0.15, 0.2) is 35.2 Å². The van der Waals surface area contributed by atoms with Crippen LogP contribution in [0.2, 0.25) is 0 Å². The number of likely N-dealkylation sites (tertiary alicyclic amines) is 2. The third kappa shape index (κ3) is 3.31. The lowest BCUT2D eigenvalue weighted by molar-refractivity contribution is -0.140. The molecule has 0 radical (unpaired) electrons. The fraction of sp³-hybridized carbons (Fsp3) is 0.682. The monoisotopic (exact) mass is 419 g/mol. The Labute approximate surface area is 174 Å². The summed E-state index contributed by atoms with van der Waals surface area (Å²) in [5.41, 5.74) is -0.467. The Bertz CT molecular complexity index is 863. The molecule has 1 unspecified atom stereocenters. The molecule has 6 nitrogen and oxygen atoms in total. The second-order valence-corrected chi connectivity index (χ2v) is 11.6. The Morgan fingerprint density at radius 3 is 2.21 bits per heavy atom. The summed E-state index contributed by atoms with van der Waals surface area (Å²) < 4.78 is 27.8. The van der Waals surface area contributed by atoms with Crippen LogP contribution in [0.1, 0.15) is 33.1 Å². The Morgan fingerprint density at radius 2 is 1.66 bits per heavy atom. The van der Waals surface area contributed by atoms with Crippen molar-refractivity contribution in [2.75, 3.05) is 46.3 Å². The molecular formula is C22H33N3O3S. The summed E-state index contributed by atoms with van der Waals surface area (Å²) in [6.07, 6.45) is 2.41. The molecule has 1 atom stereocenters. The minimum absolute atomic E-state index is 0.119. The molecule has 0 saturated carbocycles. The molecule has 29 heavy (non-hydrogen) atoms. The molecule has 1 aromatic carbocycles. The molecule has 0 aromatic heterocycles. The van der Waals surface area contributed by atoms with Crippen LogP contribution in [0, 0.1) is 16.7 Å². The molecule has 4 rings (SSSR count). The predicted octanol–water partition coefficient (Wildman–Crippen LogP) is 2.28. The van der Waals surface area contributed by atoms with Gasteiger partial charge < -0.3 is 9.80 Å². The highest BCUT2D eigenvalue weighted by atomic mass is 32.2. The first kappa shape index (κ1) is 20.8. The van der Waals surface area contributed by atoms with Gasteiger partial charge in [0, 0.05) is 51.7 Å². The van der Waals surface area contributed by atoms with E-state index in [2.05, 4.69) is 18.7 Å². The van der Waals surface area contributed by atoms with Crippen molar-refractivity contribution in [1.82, 2.24) is 14.1 Å². The zero-order chi connectivity index (χ0) is 20.9. The Hall–Kier alpha value is -1.44. The van der Waals surface area contributed by atoms with Gasteiger partial charge in [-0.2, -0.15) is 4.31 Å². The van der Waals surface area contributed by atoms with Crippen molar-refractivity contribution in [3.63, 3.8) is 0 Å². The average molecular weight is 420 g/mol. The lowest BCUT2D eigenvalue weighted by Gasteiger charge is -2.46. The van der Waals surface area contributed by atoms with E-state index in [0.717, 1.165) is 45.4 Å². The van der Waals surface area contributed by atoms with E-state index in [1.165, 1.54) is 0 Å². The summed E-state index contributed by atoms with van der Waals surface area (Å²) in [7, 11) is -1.57. The van der Waals surface area contributed by atoms with E-state index in [9.17, 15) is 13.2 Å². The van der Waals surface area contributed by atoms with Crippen molar-refractivity contribution in [3.8, 4) is 0 Å². The Morgan fingerprint density at radius 1 is 1.00 bits per heavy atom. The van der Waals surface area contributed by atoms with Crippen molar-refractivity contribution in [2.24, 2.45) is 16.7 Å². The van der Waals surface area contributed by atoms with Crippen LogP contribution >= 0.6 is 0 Å². The van der Waals surface area contributed by atoms with E-state index in [1.54, 1.807) is 28.6 Å². The number of piperidine rings is 1. The average Bonchev–Trinajstić information content (AvgIpc) is 3.14. The van der Waals surface area contributed by atoms with Crippen LogP contribution in [0.4, 0.5) is 0 Å². The maximum atomic E-state index is 13.3. The fourth-order valence-corrected chi connectivity index (χ4v) is 7.40. The van der Waals surface area contributed by atoms with Crippen LogP contribution in [0.5, 0.6) is 0 Å². The Kier molecular flexibility index (Phi) is 5.28. The zero-order valence-electron chi connectivity index (χ0n) is 17.8. The summed E-state index contributed by atoms with van der Waals surface area (Å²) in [6.45, 7) is 8.94. The summed E-state index contributed by atoms with van der Waals surface area (Å²) in [5, 5.41) is 0. The van der Waals surface area contributed by atoms with Gasteiger partial charge in [-0.15, -0.1) is 0 Å². The number of sulfonamides is 1. The van der Waals surface area contributed by atoms with Crippen molar-refractivity contribution in [2.45, 2.75) is 38.0 Å². The van der Waals surface area contributed by atoms with E-state index in [1.807, 2.05) is 18.0 Å². The SMILES string of the molecule is CC(C)CN1CC2(CCN(S(=O)(=O)c3ccccc3)CC2)C2(CCN(C)C2=O)C1. The second-order valence-electron chi connectivity index (χ2n) is 9.62. The van der Waals surface area contributed by atoms with Gasteiger partial charge in [0.25, 0.3) is 0 Å². The number of fused-ring (bicyclic) bond motifs is 1. The molecule has 0 aliphatic carbocycles. The lowest BCUT2D eigenvalue weighted by Crippen LogP contribution is -2.53. The second kappa shape index (κ2) is 7.36. The highest BCUT2D eigenvalue weighted by molar-refractivity contribution is 7.89. The zero-order valence-corrected chi connectivity index (χ0v) is 18.6. The number of benzene rings is 1. The summed E-state index contributed by atoms with van der Waals surface area (Å²) >= 11 is 0. The van der Waals surface area contributed by atoms with Crippen LogP contribution in [0.3, 0.4) is 0 Å². The molecule has 3 aliphatic heterocycles. The molecule has 160 valence electrons. The van der Waals surface area contributed by atoms with E-state index in [0.29, 0.717) is 23.9 Å². The van der Waals surface area contributed by atoms with Crippen molar-refractivity contribution in [1.29, 1.82) is 0 Å². The predicted molar refractivity (Wildman–Crippen MR) is 113 cm³/mol. The number of hydrogen-bond acceptors (Lipinski definition) is 4. The molecule has 0 N–H and O–H groups in total. The highest BCUT2D eigenvalue weighted by Gasteiger charge is 2.64. The van der Waals surface area contributed by atoms with Gasteiger partial charge in [0.15, 0.2) is 0 Å². The van der Waals surface area contributed by atoms with Gasteiger partial charge in [0.1, 0.15) is 0 Å². The van der Waals surface area contributed by atoms with Crippen LogP contribution in [0.25, 0.3) is 0 Å². The number of rotatable bonds is 4. The van der Waals surface area contributed by atoms with Crippen LogP contribution in [-0.4, -0.2) is 74.7 Å². The molecule has 3 fully saturated rings. The molecule has 7 heteroatoms. The van der Waals surface area contributed by atoms with Crippen LogP contribution in [-0.2, 0) is 14.8 Å². The largest absolute Gasteiger partial charge is 0.345 e. The minimum Gasteiger partial charge on any atom is -0.345 e. The molecule has 3 aliphatic rings. The van der Waals surface area contributed by atoms with Gasteiger partial charge in [0.2, 0.25) is 15.9 Å². The number of amides is 1. The number of nitrogens with zero attached hydrogens (tertiary/aromatic N) is 3. The van der Waals surface area contributed by atoms with Crippen molar-refractivity contribution < 1.29 is 13.2 Å². The molecule has 2 spiro atoms. The number of carbonyl (C=O) groups is 1. The topological polar surface area (TPSA) is 60.9 Å². The normalized spacial score (nSPS) is 28.3. The van der Waals surface area contributed by atoms with Crippen molar-refractivity contribution >= 4 is 15.9 Å². The lowest BCUT2D eigenvalue weighted by atomic mass is 9.60. The first-order valence-corrected chi connectivity index (χ1v) is 12.2. The first-order chi connectivity index (χ1) is 13.7. The maximum Gasteiger partial charge on any atom is 0.243 e. The smallest absolute Gasteiger partial charge is 0.243 e. The Balaban J connectivity index is 1.59. The van der Waals surface area contributed by atoms with Gasteiger partial charge >= 0.3 is 0 Å². The molecular weight excluding hydrogens is 386 g/mol.